The maximum atomic E-state index is 13.0. The number of amides is 2. The summed E-state index contributed by atoms with van der Waals surface area (Å²) in [4.78, 5) is 45.4. The van der Waals surface area contributed by atoms with Crippen LogP contribution in [0.2, 0.25) is 0 Å². The van der Waals surface area contributed by atoms with Gasteiger partial charge in [-0.2, -0.15) is 0 Å². The Morgan fingerprint density at radius 3 is 2.53 bits per heavy atom. The van der Waals surface area contributed by atoms with Crippen molar-refractivity contribution >= 4 is 23.2 Å². The average Bonchev–Trinajstić information content (AvgIpc) is 3.16. The molecule has 0 aliphatic carbocycles. The van der Waals surface area contributed by atoms with Crippen molar-refractivity contribution in [1.82, 2.24) is 29.7 Å². The average molecular weight is 429 g/mol. The lowest BCUT2D eigenvalue weighted by Gasteiger charge is -2.38. The van der Waals surface area contributed by atoms with E-state index < -0.39 is 0 Å². The number of hydrogen-bond acceptors (Lipinski definition) is 7. The van der Waals surface area contributed by atoms with Gasteiger partial charge < -0.3 is 9.80 Å². The SMILES string of the molecule is Cc1nc(-c2ncccn2)sc1C(=O)N1CCN(CC(=O)N2CCCCC2C)CC1. The van der Waals surface area contributed by atoms with Crippen LogP contribution < -0.4 is 0 Å². The highest BCUT2D eigenvalue weighted by Gasteiger charge is 2.29. The molecule has 0 aromatic carbocycles. The second-order valence-electron chi connectivity index (χ2n) is 8.01. The molecular weight excluding hydrogens is 400 g/mol. The quantitative estimate of drug-likeness (QED) is 0.741. The number of carbonyl (C=O) groups is 2. The number of likely N-dealkylation sites (tertiary alicyclic amines) is 1. The summed E-state index contributed by atoms with van der Waals surface area (Å²) in [6.45, 7) is 7.98. The second-order valence-corrected chi connectivity index (χ2v) is 9.01. The van der Waals surface area contributed by atoms with Crippen molar-refractivity contribution in [3.63, 3.8) is 0 Å². The lowest BCUT2D eigenvalue weighted by Crippen LogP contribution is -2.53. The smallest absolute Gasteiger partial charge is 0.265 e. The third kappa shape index (κ3) is 4.52. The molecule has 8 nitrogen and oxygen atoms in total. The van der Waals surface area contributed by atoms with E-state index in [2.05, 4.69) is 26.8 Å². The molecule has 4 heterocycles. The molecule has 160 valence electrons. The normalized spacial score (nSPS) is 20.4. The van der Waals surface area contributed by atoms with Crippen LogP contribution in [0.25, 0.3) is 10.8 Å². The molecule has 0 N–H and O–H groups in total. The van der Waals surface area contributed by atoms with E-state index in [0.717, 1.165) is 19.4 Å². The van der Waals surface area contributed by atoms with Gasteiger partial charge >= 0.3 is 0 Å². The van der Waals surface area contributed by atoms with Gasteiger partial charge in [0.2, 0.25) is 5.91 Å². The Hall–Kier alpha value is -2.39. The molecule has 2 aromatic heterocycles. The number of piperidine rings is 1. The standard InChI is InChI=1S/C21H28N6O2S/c1-15-6-3-4-9-27(15)17(28)14-25-10-12-26(13-11-25)21(29)18-16(2)24-20(30-18)19-22-7-5-8-23-19/h5,7-8,15H,3-4,6,9-14H2,1-2H3. The zero-order valence-electron chi connectivity index (χ0n) is 17.6. The maximum Gasteiger partial charge on any atom is 0.265 e. The van der Waals surface area contributed by atoms with Crippen LogP contribution in [0.15, 0.2) is 18.5 Å². The molecule has 4 rings (SSSR count). The number of piperazine rings is 1. The van der Waals surface area contributed by atoms with Gasteiger partial charge in [-0.3, -0.25) is 14.5 Å². The third-order valence-electron chi connectivity index (χ3n) is 5.89. The molecule has 1 atom stereocenters. The molecule has 2 fully saturated rings. The van der Waals surface area contributed by atoms with Crippen LogP contribution in [0.3, 0.4) is 0 Å². The molecule has 0 spiro atoms. The number of carbonyl (C=O) groups excluding carboxylic acids is 2. The summed E-state index contributed by atoms with van der Waals surface area (Å²) in [5, 5.41) is 0.663. The van der Waals surface area contributed by atoms with Crippen molar-refractivity contribution < 1.29 is 9.59 Å². The zero-order chi connectivity index (χ0) is 21.1. The van der Waals surface area contributed by atoms with Gasteiger partial charge in [0, 0.05) is 51.2 Å². The van der Waals surface area contributed by atoms with Crippen molar-refractivity contribution in [2.24, 2.45) is 0 Å². The number of thiazole rings is 1. The maximum absolute atomic E-state index is 13.0. The van der Waals surface area contributed by atoms with Gasteiger partial charge in [0.25, 0.3) is 5.91 Å². The van der Waals surface area contributed by atoms with E-state index in [4.69, 9.17) is 0 Å². The fourth-order valence-electron chi connectivity index (χ4n) is 4.10. The van der Waals surface area contributed by atoms with Gasteiger partial charge in [-0.15, -0.1) is 11.3 Å². The molecule has 0 saturated carbocycles. The monoisotopic (exact) mass is 428 g/mol. The van der Waals surface area contributed by atoms with Gasteiger partial charge in [-0.05, 0) is 39.2 Å². The van der Waals surface area contributed by atoms with E-state index in [1.54, 1.807) is 18.5 Å². The lowest BCUT2D eigenvalue weighted by molar-refractivity contribution is -0.136. The highest BCUT2D eigenvalue weighted by Crippen LogP contribution is 2.26. The number of aromatic nitrogens is 3. The van der Waals surface area contributed by atoms with Crippen LogP contribution >= 0.6 is 11.3 Å². The minimum Gasteiger partial charge on any atom is -0.339 e. The first-order chi connectivity index (χ1) is 14.5. The summed E-state index contributed by atoms with van der Waals surface area (Å²) < 4.78 is 0. The van der Waals surface area contributed by atoms with Crippen LogP contribution in [0.1, 0.15) is 41.6 Å². The minimum atomic E-state index is 0.00260. The lowest BCUT2D eigenvalue weighted by atomic mass is 10.0. The van der Waals surface area contributed by atoms with Gasteiger partial charge in [-0.25, -0.2) is 15.0 Å². The van der Waals surface area contributed by atoms with Crippen molar-refractivity contribution in [3.05, 3.63) is 29.0 Å². The molecule has 2 aliphatic heterocycles. The molecule has 2 amide bonds. The van der Waals surface area contributed by atoms with Gasteiger partial charge in [0.05, 0.1) is 12.2 Å². The predicted molar refractivity (Wildman–Crippen MR) is 115 cm³/mol. The van der Waals surface area contributed by atoms with Crippen molar-refractivity contribution in [2.75, 3.05) is 39.3 Å². The molecule has 0 bridgehead atoms. The first-order valence-corrected chi connectivity index (χ1v) is 11.4. The molecule has 9 heteroatoms. The fraction of sp³-hybridized carbons (Fsp3) is 0.571. The van der Waals surface area contributed by atoms with E-state index in [0.29, 0.717) is 60.2 Å². The fourth-order valence-corrected chi connectivity index (χ4v) is 5.09. The molecule has 2 saturated heterocycles. The van der Waals surface area contributed by atoms with Gasteiger partial charge in [-0.1, -0.05) is 0 Å². The first kappa shape index (κ1) is 20.9. The third-order valence-corrected chi connectivity index (χ3v) is 7.03. The van der Waals surface area contributed by atoms with Gasteiger partial charge in [0.1, 0.15) is 4.88 Å². The van der Waals surface area contributed by atoms with Crippen LogP contribution in [0.4, 0.5) is 0 Å². The molecule has 2 aromatic rings. The second kappa shape index (κ2) is 9.18. The summed E-state index contributed by atoms with van der Waals surface area (Å²) in [7, 11) is 0. The molecule has 30 heavy (non-hydrogen) atoms. The van der Waals surface area contributed by atoms with Crippen LogP contribution in [-0.4, -0.2) is 86.8 Å². The summed E-state index contributed by atoms with van der Waals surface area (Å²) in [6.07, 6.45) is 6.75. The summed E-state index contributed by atoms with van der Waals surface area (Å²) in [5.41, 5.74) is 0.712. The van der Waals surface area contributed by atoms with Gasteiger partial charge in [0.15, 0.2) is 10.8 Å². The summed E-state index contributed by atoms with van der Waals surface area (Å²) >= 11 is 1.34. The van der Waals surface area contributed by atoms with Crippen molar-refractivity contribution in [3.8, 4) is 10.8 Å². The highest BCUT2D eigenvalue weighted by molar-refractivity contribution is 7.17. The van der Waals surface area contributed by atoms with E-state index in [1.165, 1.54) is 17.8 Å². The number of rotatable bonds is 4. The number of aryl methyl sites for hydroxylation is 1. The Morgan fingerprint density at radius 1 is 1.10 bits per heavy atom. The van der Waals surface area contributed by atoms with Crippen LogP contribution in [0.5, 0.6) is 0 Å². The zero-order valence-corrected chi connectivity index (χ0v) is 18.4. The first-order valence-electron chi connectivity index (χ1n) is 10.6. The Morgan fingerprint density at radius 2 is 1.83 bits per heavy atom. The Kier molecular flexibility index (Phi) is 6.38. The van der Waals surface area contributed by atoms with E-state index in [1.807, 2.05) is 16.7 Å². The van der Waals surface area contributed by atoms with E-state index in [9.17, 15) is 9.59 Å². The number of hydrogen-bond donors (Lipinski definition) is 0. The Bertz CT molecular complexity index is 894. The van der Waals surface area contributed by atoms with Crippen LogP contribution in [0, 0.1) is 6.92 Å². The minimum absolute atomic E-state index is 0.00260. The molecule has 0 radical (unpaired) electrons. The largest absolute Gasteiger partial charge is 0.339 e. The van der Waals surface area contributed by atoms with Crippen molar-refractivity contribution in [1.29, 1.82) is 0 Å². The Balaban J connectivity index is 1.33. The summed E-state index contributed by atoms with van der Waals surface area (Å²) in [5.74, 6) is 0.760. The topological polar surface area (TPSA) is 82.5 Å². The molecule has 2 aliphatic rings. The summed E-state index contributed by atoms with van der Waals surface area (Å²) in [6, 6.07) is 2.10. The van der Waals surface area contributed by atoms with E-state index in [-0.39, 0.29) is 11.8 Å². The highest BCUT2D eigenvalue weighted by atomic mass is 32.1. The van der Waals surface area contributed by atoms with Crippen LogP contribution in [-0.2, 0) is 4.79 Å². The Labute approximate surface area is 180 Å². The molecular formula is C21H28N6O2S. The van der Waals surface area contributed by atoms with E-state index >= 15 is 0 Å². The van der Waals surface area contributed by atoms with Crippen molar-refractivity contribution in [2.45, 2.75) is 39.2 Å². The predicted octanol–water partition coefficient (Wildman–Crippen LogP) is 2.07. The number of nitrogens with zero attached hydrogens (tertiary/aromatic N) is 6. The molecule has 1 unspecified atom stereocenters.